The molecule has 0 fully saturated rings. The Balaban J connectivity index is 2.50. The Morgan fingerprint density at radius 3 is 2.63 bits per heavy atom. The minimum absolute atomic E-state index is 0.0388. The number of nitrogens with one attached hydrogen (secondary N) is 1. The highest BCUT2D eigenvalue weighted by Crippen LogP contribution is 2.19. The molecule has 0 saturated carbocycles. The van der Waals surface area contributed by atoms with E-state index in [4.69, 9.17) is 9.26 Å². The van der Waals surface area contributed by atoms with Gasteiger partial charge < -0.3 is 14.6 Å². The molecule has 1 N–H and O–H groups in total. The Hall–Kier alpha value is -0.940. The molecule has 0 aliphatic heterocycles. The van der Waals surface area contributed by atoms with Gasteiger partial charge in [-0.1, -0.05) is 18.5 Å². The molecule has 1 aromatic rings. The number of hydrogen-bond donors (Lipinski definition) is 1. The van der Waals surface area contributed by atoms with Gasteiger partial charge in [-0.25, -0.2) is 0 Å². The van der Waals surface area contributed by atoms with E-state index in [1.165, 1.54) is 0 Å². The van der Waals surface area contributed by atoms with E-state index in [1.54, 1.807) is 0 Å². The summed E-state index contributed by atoms with van der Waals surface area (Å²) in [5, 5.41) is 7.43. The maximum Gasteiger partial charge on any atom is 0.228 e. The second-order valence-corrected chi connectivity index (χ2v) is 5.71. The smallest absolute Gasteiger partial charge is 0.228 e. The predicted molar refractivity (Wildman–Crippen MR) is 75.0 cm³/mol. The highest BCUT2D eigenvalue weighted by molar-refractivity contribution is 4.92. The van der Waals surface area contributed by atoms with E-state index in [-0.39, 0.29) is 11.6 Å². The minimum Gasteiger partial charge on any atom is -0.370 e. The van der Waals surface area contributed by atoms with Gasteiger partial charge in [0.25, 0.3) is 0 Å². The topological polar surface area (TPSA) is 60.2 Å². The fourth-order valence-corrected chi connectivity index (χ4v) is 1.80. The normalized spacial score (nSPS) is 13.7. The van der Waals surface area contributed by atoms with Crippen molar-refractivity contribution >= 4 is 0 Å². The maximum atomic E-state index is 5.64. The van der Waals surface area contributed by atoms with E-state index in [0.29, 0.717) is 18.3 Å². The Bertz CT molecular complexity index is 352. The summed E-state index contributed by atoms with van der Waals surface area (Å²) in [6.07, 6.45) is 2.67. The van der Waals surface area contributed by atoms with Gasteiger partial charge in [-0.3, -0.25) is 0 Å². The average Bonchev–Trinajstić information content (AvgIpc) is 2.76. The van der Waals surface area contributed by atoms with Gasteiger partial charge in [-0.15, -0.1) is 0 Å². The van der Waals surface area contributed by atoms with Crippen molar-refractivity contribution in [3.63, 3.8) is 0 Å². The van der Waals surface area contributed by atoms with Gasteiger partial charge in [-0.05, 0) is 34.1 Å². The molecule has 0 bridgehead atoms. The molecule has 5 nitrogen and oxygen atoms in total. The molecule has 1 unspecified atom stereocenters. The number of rotatable bonds is 8. The lowest BCUT2D eigenvalue weighted by molar-refractivity contribution is 0.0478. The van der Waals surface area contributed by atoms with Crippen LogP contribution in [0.3, 0.4) is 0 Å². The molecule has 110 valence electrons. The molecule has 5 heteroatoms. The van der Waals surface area contributed by atoms with Gasteiger partial charge in [0.1, 0.15) is 6.10 Å². The SMILES string of the molecule is CCCC(OCC)c1noc(CCNC(C)(C)C)n1. The van der Waals surface area contributed by atoms with Gasteiger partial charge >= 0.3 is 0 Å². The molecule has 19 heavy (non-hydrogen) atoms. The molecule has 0 aliphatic rings. The zero-order chi connectivity index (χ0) is 14.3. The van der Waals surface area contributed by atoms with Gasteiger partial charge in [0, 0.05) is 25.1 Å². The third kappa shape index (κ3) is 6.16. The van der Waals surface area contributed by atoms with Crippen molar-refractivity contribution in [2.24, 2.45) is 0 Å². The summed E-state index contributed by atoms with van der Waals surface area (Å²) >= 11 is 0. The van der Waals surface area contributed by atoms with Gasteiger partial charge in [0.15, 0.2) is 0 Å². The zero-order valence-electron chi connectivity index (χ0n) is 12.8. The summed E-state index contributed by atoms with van der Waals surface area (Å²) in [6.45, 7) is 12.0. The van der Waals surface area contributed by atoms with Gasteiger partial charge in [0.2, 0.25) is 11.7 Å². The molecule has 0 radical (unpaired) electrons. The number of hydrogen-bond acceptors (Lipinski definition) is 5. The molecule has 0 saturated heterocycles. The van der Waals surface area contributed by atoms with Crippen LogP contribution in [-0.2, 0) is 11.2 Å². The summed E-state index contributed by atoms with van der Waals surface area (Å²) in [5.74, 6) is 1.35. The van der Waals surface area contributed by atoms with Crippen molar-refractivity contribution in [3.05, 3.63) is 11.7 Å². The van der Waals surface area contributed by atoms with Crippen LogP contribution in [-0.4, -0.2) is 28.8 Å². The largest absolute Gasteiger partial charge is 0.370 e. The number of aromatic nitrogens is 2. The van der Waals surface area contributed by atoms with E-state index in [1.807, 2.05) is 6.92 Å². The molecule has 0 aliphatic carbocycles. The van der Waals surface area contributed by atoms with Crippen LogP contribution in [0.2, 0.25) is 0 Å². The third-order valence-corrected chi connectivity index (χ3v) is 2.68. The van der Waals surface area contributed by atoms with Crippen LogP contribution in [0.5, 0.6) is 0 Å². The molecule has 1 atom stereocenters. The summed E-state index contributed by atoms with van der Waals surface area (Å²) in [7, 11) is 0. The van der Waals surface area contributed by atoms with Gasteiger partial charge in [0.05, 0.1) is 0 Å². The Labute approximate surface area is 116 Å². The Morgan fingerprint density at radius 1 is 1.32 bits per heavy atom. The second-order valence-electron chi connectivity index (χ2n) is 5.71. The molecule has 0 aromatic carbocycles. The van der Waals surface area contributed by atoms with E-state index < -0.39 is 0 Å². The maximum absolute atomic E-state index is 5.64. The number of nitrogens with zero attached hydrogens (tertiary/aromatic N) is 2. The van der Waals surface area contributed by atoms with Crippen molar-refractivity contribution in [2.45, 2.75) is 65.5 Å². The van der Waals surface area contributed by atoms with Crippen LogP contribution in [0.15, 0.2) is 4.52 Å². The predicted octanol–water partition coefficient (Wildman–Crippen LogP) is 2.88. The van der Waals surface area contributed by atoms with Crippen molar-refractivity contribution in [2.75, 3.05) is 13.2 Å². The van der Waals surface area contributed by atoms with Crippen molar-refractivity contribution < 1.29 is 9.26 Å². The number of ether oxygens (including phenoxy) is 1. The van der Waals surface area contributed by atoms with Crippen LogP contribution in [0, 0.1) is 0 Å². The van der Waals surface area contributed by atoms with E-state index >= 15 is 0 Å². The van der Waals surface area contributed by atoms with Crippen LogP contribution in [0.1, 0.15) is 65.3 Å². The average molecular weight is 269 g/mol. The van der Waals surface area contributed by atoms with Crippen molar-refractivity contribution in [1.29, 1.82) is 0 Å². The molecule has 1 rings (SSSR count). The lowest BCUT2D eigenvalue weighted by Crippen LogP contribution is -2.37. The summed E-state index contributed by atoms with van der Waals surface area (Å²) < 4.78 is 10.9. The molecule has 0 spiro atoms. The van der Waals surface area contributed by atoms with Crippen molar-refractivity contribution in [1.82, 2.24) is 15.5 Å². The summed E-state index contributed by atoms with van der Waals surface area (Å²) in [6, 6.07) is 0. The third-order valence-electron chi connectivity index (χ3n) is 2.68. The lowest BCUT2D eigenvalue weighted by atomic mass is 10.1. The Kier molecular flexibility index (Phi) is 6.45. The molecule has 1 aromatic heterocycles. The summed E-state index contributed by atoms with van der Waals surface area (Å²) in [4.78, 5) is 4.42. The van der Waals surface area contributed by atoms with E-state index in [0.717, 1.165) is 25.8 Å². The fourth-order valence-electron chi connectivity index (χ4n) is 1.80. The lowest BCUT2D eigenvalue weighted by Gasteiger charge is -2.19. The molecular weight excluding hydrogens is 242 g/mol. The Morgan fingerprint density at radius 2 is 2.05 bits per heavy atom. The summed E-state index contributed by atoms with van der Waals surface area (Å²) in [5.41, 5.74) is 0.110. The zero-order valence-corrected chi connectivity index (χ0v) is 12.8. The van der Waals surface area contributed by atoms with E-state index in [9.17, 15) is 0 Å². The fraction of sp³-hybridized carbons (Fsp3) is 0.857. The first-order chi connectivity index (χ1) is 8.96. The second kappa shape index (κ2) is 7.60. The quantitative estimate of drug-likeness (QED) is 0.786. The first-order valence-electron chi connectivity index (χ1n) is 7.15. The molecular formula is C14H27N3O2. The first-order valence-corrected chi connectivity index (χ1v) is 7.15. The van der Waals surface area contributed by atoms with Gasteiger partial charge in [-0.2, -0.15) is 4.98 Å². The highest BCUT2D eigenvalue weighted by atomic mass is 16.5. The highest BCUT2D eigenvalue weighted by Gasteiger charge is 2.18. The van der Waals surface area contributed by atoms with Crippen LogP contribution >= 0.6 is 0 Å². The first kappa shape index (κ1) is 16.1. The molecule has 0 amide bonds. The monoisotopic (exact) mass is 269 g/mol. The minimum atomic E-state index is -0.0388. The van der Waals surface area contributed by atoms with Crippen LogP contribution in [0.25, 0.3) is 0 Å². The van der Waals surface area contributed by atoms with Crippen molar-refractivity contribution in [3.8, 4) is 0 Å². The van der Waals surface area contributed by atoms with Crippen LogP contribution < -0.4 is 5.32 Å². The molecule has 1 heterocycles. The van der Waals surface area contributed by atoms with Crippen LogP contribution in [0.4, 0.5) is 0 Å². The van der Waals surface area contributed by atoms with E-state index in [2.05, 4.69) is 43.2 Å². The standard InChI is InChI=1S/C14H27N3O2/c1-6-8-11(18-7-2)13-16-12(19-17-13)9-10-15-14(3,4)5/h11,15H,6-10H2,1-5H3.